The van der Waals surface area contributed by atoms with Crippen molar-refractivity contribution in [1.29, 1.82) is 0 Å². The van der Waals surface area contributed by atoms with E-state index in [1.165, 1.54) is 4.90 Å². The van der Waals surface area contributed by atoms with Crippen LogP contribution in [0.15, 0.2) is 0 Å². The van der Waals surface area contributed by atoms with Gasteiger partial charge >= 0.3 is 0 Å². The second-order valence-electron chi connectivity index (χ2n) is 6.78. The summed E-state index contributed by atoms with van der Waals surface area (Å²) in [5.41, 5.74) is 0. The van der Waals surface area contributed by atoms with Gasteiger partial charge in [-0.2, -0.15) is 0 Å². The molecule has 11 heteroatoms. The van der Waals surface area contributed by atoms with Crippen molar-refractivity contribution < 1.29 is 50.3 Å². The molecule has 11 nitrogen and oxygen atoms in total. The lowest BCUT2D eigenvalue weighted by Gasteiger charge is -2.40. The van der Waals surface area contributed by atoms with Crippen LogP contribution in [0, 0.1) is 0 Å². The van der Waals surface area contributed by atoms with E-state index >= 15 is 0 Å². The predicted octanol–water partition coefficient (Wildman–Crippen LogP) is -5.69. The first kappa shape index (κ1) is 19.3. The van der Waals surface area contributed by atoms with Gasteiger partial charge in [-0.25, -0.2) is 0 Å². The van der Waals surface area contributed by atoms with Gasteiger partial charge in [-0.3, -0.25) is 4.90 Å². The summed E-state index contributed by atoms with van der Waals surface area (Å²) in [5.74, 6) is 0. The minimum atomic E-state index is -1.61. The molecule has 3 aliphatic rings. The number of aliphatic hydroxyl groups excluding tert-OH is 8. The third kappa shape index (κ3) is 3.09. The van der Waals surface area contributed by atoms with Crippen molar-refractivity contribution in [2.24, 2.45) is 0 Å². The normalized spacial score (nSPS) is 54.0. The fourth-order valence-electron chi connectivity index (χ4n) is 3.92. The van der Waals surface area contributed by atoms with Crippen LogP contribution in [-0.4, -0.2) is 133 Å². The molecular weight excluding hydrogens is 342 g/mol. The average molecular weight is 367 g/mol. The van der Waals surface area contributed by atoms with E-state index in [0.717, 1.165) is 0 Å². The van der Waals surface area contributed by atoms with Gasteiger partial charge in [0.05, 0.1) is 43.6 Å². The molecule has 3 fully saturated rings. The van der Waals surface area contributed by atoms with Crippen LogP contribution in [0.5, 0.6) is 0 Å². The summed E-state index contributed by atoms with van der Waals surface area (Å²) in [5, 5.41) is 78.5. The maximum atomic E-state index is 10.4. The number of aliphatic hydroxyl groups is 8. The van der Waals surface area contributed by atoms with Gasteiger partial charge in [-0.15, -0.1) is 0 Å². The lowest BCUT2D eigenvalue weighted by Crippen LogP contribution is -2.60. The molecule has 2 unspecified atom stereocenters. The average Bonchev–Trinajstić information content (AvgIpc) is 3.03. The molecule has 0 spiro atoms. The maximum Gasteiger partial charge on any atom is 0.187 e. The lowest BCUT2D eigenvalue weighted by atomic mass is 9.99. The van der Waals surface area contributed by atoms with Crippen LogP contribution in [-0.2, 0) is 9.47 Å². The Morgan fingerprint density at radius 1 is 0.800 bits per heavy atom. The van der Waals surface area contributed by atoms with Gasteiger partial charge in [-0.05, 0) is 0 Å². The lowest BCUT2D eigenvalue weighted by molar-refractivity contribution is -0.314. The van der Waals surface area contributed by atoms with Crippen molar-refractivity contribution in [3.05, 3.63) is 0 Å². The summed E-state index contributed by atoms with van der Waals surface area (Å²) in [6.07, 6.45) is -12.0. The Morgan fingerprint density at radius 3 is 2.08 bits per heavy atom. The summed E-state index contributed by atoms with van der Waals surface area (Å²) in [6.45, 7) is -0.987. The van der Waals surface area contributed by atoms with Gasteiger partial charge in [-0.1, -0.05) is 0 Å². The van der Waals surface area contributed by atoms with Crippen LogP contribution in [0.4, 0.5) is 0 Å². The molecule has 0 amide bonds. The molecule has 8 N–H and O–H groups in total. The molecule has 0 bridgehead atoms. The van der Waals surface area contributed by atoms with E-state index in [1.54, 1.807) is 0 Å². The first-order valence-corrected chi connectivity index (χ1v) is 8.18. The van der Waals surface area contributed by atoms with E-state index in [-0.39, 0.29) is 6.54 Å². The Bertz CT molecular complexity index is 467. The second kappa shape index (κ2) is 7.29. The number of rotatable bonds is 4. The first-order chi connectivity index (χ1) is 11.8. The fraction of sp³-hybridized carbons (Fsp3) is 1.00. The molecule has 3 heterocycles. The molecule has 11 atom stereocenters. The molecule has 3 aliphatic heterocycles. The number of ether oxygens (including phenoxy) is 2. The Hall–Kier alpha value is -0.440. The Kier molecular flexibility index (Phi) is 5.63. The molecule has 3 rings (SSSR count). The van der Waals surface area contributed by atoms with E-state index in [0.29, 0.717) is 0 Å². The highest BCUT2D eigenvalue weighted by atomic mass is 16.7. The number of fused-ring (bicyclic) bond motifs is 1. The number of nitrogens with zero attached hydrogens (tertiary/aromatic N) is 1. The number of hydrogen-bond donors (Lipinski definition) is 8. The summed E-state index contributed by atoms with van der Waals surface area (Å²) in [6, 6.07) is -1.62. The van der Waals surface area contributed by atoms with Gasteiger partial charge in [0, 0.05) is 6.54 Å². The standard InChI is InChI=1S/C14H25NO10/c16-2-4-8(18)11(21)7-9(19)5(1-15(4)7)24-14-13(23)12(22)10(20)6(3-17)25-14/h4-14,16-23H,1-3H2/t4-,5+,6?,7-,8-,9+,10-,11-,12+,13?,14-/m1/s1. The van der Waals surface area contributed by atoms with Crippen molar-refractivity contribution in [1.82, 2.24) is 4.90 Å². The molecule has 25 heavy (non-hydrogen) atoms. The third-order valence-electron chi connectivity index (χ3n) is 5.37. The van der Waals surface area contributed by atoms with Crippen LogP contribution >= 0.6 is 0 Å². The van der Waals surface area contributed by atoms with Crippen LogP contribution in [0.2, 0.25) is 0 Å². The molecule has 0 aromatic rings. The van der Waals surface area contributed by atoms with Crippen molar-refractivity contribution in [2.45, 2.75) is 67.2 Å². The van der Waals surface area contributed by atoms with Crippen molar-refractivity contribution in [2.75, 3.05) is 19.8 Å². The smallest absolute Gasteiger partial charge is 0.187 e. The second-order valence-corrected chi connectivity index (χ2v) is 6.78. The van der Waals surface area contributed by atoms with E-state index in [4.69, 9.17) is 9.47 Å². The van der Waals surface area contributed by atoms with Gasteiger partial charge in [0.1, 0.15) is 30.5 Å². The van der Waals surface area contributed by atoms with Crippen molar-refractivity contribution >= 4 is 0 Å². The van der Waals surface area contributed by atoms with Crippen LogP contribution in [0.3, 0.4) is 0 Å². The highest BCUT2D eigenvalue weighted by Crippen LogP contribution is 2.36. The van der Waals surface area contributed by atoms with Crippen LogP contribution in [0.1, 0.15) is 0 Å². The molecule has 0 aromatic carbocycles. The van der Waals surface area contributed by atoms with Gasteiger partial charge in [0.15, 0.2) is 6.29 Å². The highest BCUT2D eigenvalue weighted by Gasteiger charge is 2.58. The molecule has 3 saturated heterocycles. The third-order valence-corrected chi connectivity index (χ3v) is 5.37. The quantitative estimate of drug-likeness (QED) is 0.237. The molecule has 0 aliphatic carbocycles. The zero-order chi connectivity index (χ0) is 18.5. The van der Waals surface area contributed by atoms with E-state index in [9.17, 15) is 40.9 Å². The van der Waals surface area contributed by atoms with Crippen LogP contribution in [0.25, 0.3) is 0 Å². The SMILES string of the molecule is OCC1O[C@@H](O[C@H]2CN3[C@H]([C@H]2O)[C@@H](O)[C@H](O)[C@H]3CO)C(O)[C@@H](O)[C@@H]1O. The van der Waals surface area contributed by atoms with E-state index < -0.39 is 80.4 Å². The Labute approximate surface area is 143 Å². The largest absolute Gasteiger partial charge is 0.395 e. The van der Waals surface area contributed by atoms with Crippen LogP contribution < -0.4 is 0 Å². The minimum Gasteiger partial charge on any atom is -0.395 e. The van der Waals surface area contributed by atoms with Crippen molar-refractivity contribution in [3.63, 3.8) is 0 Å². The molecule has 0 aromatic heterocycles. The van der Waals surface area contributed by atoms with Gasteiger partial charge < -0.3 is 50.3 Å². The predicted molar refractivity (Wildman–Crippen MR) is 78.0 cm³/mol. The Morgan fingerprint density at radius 2 is 1.48 bits per heavy atom. The van der Waals surface area contributed by atoms with E-state index in [1.807, 2.05) is 0 Å². The fourth-order valence-corrected chi connectivity index (χ4v) is 3.92. The summed E-state index contributed by atoms with van der Waals surface area (Å²) in [4.78, 5) is 1.52. The van der Waals surface area contributed by atoms with Gasteiger partial charge in [0.25, 0.3) is 0 Å². The monoisotopic (exact) mass is 367 g/mol. The summed E-state index contributed by atoms with van der Waals surface area (Å²) in [7, 11) is 0. The van der Waals surface area contributed by atoms with E-state index in [2.05, 4.69) is 0 Å². The molecular formula is C14H25NO10. The van der Waals surface area contributed by atoms with Gasteiger partial charge in [0.2, 0.25) is 0 Å². The molecule has 0 saturated carbocycles. The minimum absolute atomic E-state index is 0.0419. The zero-order valence-corrected chi connectivity index (χ0v) is 13.3. The molecule has 146 valence electrons. The van der Waals surface area contributed by atoms with Crippen molar-refractivity contribution in [3.8, 4) is 0 Å². The topological polar surface area (TPSA) is 184 Å². The maximum absolute atomic E-state index is 10.4. The Balaban J connectivity index is 1.70. The first-order valence-electron chi connectivity index (χ1n) is 8.18. The number of hydrogen-bond acceptors (Lipinski definition) is 11. The summed E-state index contributed by atoms with van der Waals surface area (Å²) < 4.78 is 10.8. The highest BCUT2D eigenvalue weighted by molar-refractivity contribution is 5.10. The summed E-state index contributed by atoms with van der Waals surface area (Å²) >= 11 is 0. The zero-order valence-electron chi connectivity index (χ0n) is 13.3. The molecule has 0 radical (unpaired) electrons.